The van der Waals surface area contributed by atoms with Crippen LogP contribution in [0.2, 0.25) is 0 Å². The fraction of sp³-hybridized carbons (Fsp3) is 0.312. The second-order valence-corrected chi connectivity index (χ2v) is 6.19. The highest BCUT2D eigenvalue weighted by molar-refractivity contribution is 7.13. The third-order valence-corrected chi connectivity index (χ3v) is 4.71. The zero-order valence-corrected chi connectivity index (χ0v) is 13.3. The van der Waals surface area contributed by atoms with Crippen LogP contribution in [0.25, 0.3) is 0 Å². The summed E-state index contributed by atoms with van der Waals surface area (Å²) in [5.41, 5.74) is 1.10. The minimum atomic E-state index is -1.01. The van der Waals surface area contributed by atoms with E-state index >= 15 is 0 Å². The summed E-state index contributed by atoms with van der Waals surface area (Å²) >= 11 is 1.33. The van der Waals surface area contributed by atoms with Crippen molar-refractivity contribution in [2.24, 2.45) is 0 Å². The molecule has 0 spiro atoms. The standard InChI is InChI=1S/C16H17N3O3S/c20-14(10-12-4-2-1-3-5-12)18-6-8-19(9-7-18)16-17-13(11-23-16)15(21)22/h1-5,11H,6-10H2,(H,21,22). The van der Waals surface area contributed by atoms with Gasteiger partial charge in [0.25, 0.3) is 0 Å². The van der Waals surface area contributed by atoms with Gasteiger partial charge in [-0.1, -0.05) is 30.3 Å². The number of benzene rings is 1. The van der Waals surface area contributed by atoms with Crippen LogP contribution in [0.1, 0.15) is 16.1 Å². The zero-order chi connectivity index (χ0) is 16.2. The number of carboxylic acids is 1. The Hall–Kier alpha value is -2.41. The van der Waals surface area contributed by atoms with Gasteiger partial charge in [0.05, 0.1) is 6.42 Å². The number of piperazine rings is 1. The van der Waals surface area contributed by atoms with Gasteiger partial charge >= 0.3 is 5.97 Å². The summed E-state index contributed by atoms with van der Waals surface area (Å²) in [7, 11) is 0. The molecule has 1 amide bonds. The highest BCUT2D eigenvalue weighted by atomic mass is 32.1. The number of thiazole rings is 1. The van der Waals surface area contributed by atoms with E-state index in [-0.39, 0.29) is 11.6 Å². The van der Waals surface area contributed by atoms with Crippen molar-refractivity contribution >= 4 is 28.3 Å². The van der Waals surface area contributed by atoms with E-state index in [1.54, 1.807) is 5.38 Å². The number of amides is 1. The first kappa shape index (κ1) is 15.5. The molecule has 0 atom stereocenters. The van der Waals surface area contributed by atoms with E-state index in [1.807, 2.05) is 40.1 Å². The lowest BCUT2D eigenvalue weighted by Crippen LogP contribution is -2.49. The number of carbonyl (C=O) groups is 2. The van der Waals surface area contributed by atoms with Gasteiger partial charge in [-0.2, -0.15) is 0 Å². The lowest BCUT2D eigenvalue weighted by atomic mass is 10.1. The van der Waals surface area contributed by atoms with E-state index in [2.05, 4.69) is 4.98 Å². The minimum Gasteiger partial charge on any atom is -0.476 e. The Kier molecular flexibility index (Phi) is 4.57. The topological polar surface area (TPSA) is 73.7 Å². The van der Waals surface area contributed by atoms with Crippen molar-refractivity contribution in [3.63, 3.8) is 0 Å². The molecule has 0 saturated carbocycles. The molecule has 3 rings (SSSR count). The third-order valence-electron chi connectivity index (χ3n) is 3.81. The lowest BCUT2D eigenvalue weighted by molar-refractivity contribution is -0.130. The predicted octanol–water partition coefficient (Wildman–Crippen LogP) is 1.73. The van der Waals surface area contributed by atoms with E-state index < -0.39 is 5.97 Å². The van der Waals surface area contributed by atoms with Crippen molar-refractivity contribution < 1.29 is 14.7 Å². The van der Waals surface area contributed by atoms with E-state index in [1.165, 1.54) is 11.3 Å². The maximum atomic E-state index is 12.3. The lowest BCUT2D eigenvalue weighted by Gasteiger charge is -2.34. The van der Waals surface area contributed by atoms with Crippen molar-refractivity contribution in [1.82, 2.24) is 9.88 Å². The minimum absolute atomic E-state index is 0.0765. The first-order valence-corrected chi connectivity index (χ1v) is 8.27. The average molecular weight is 331 g/mol. The maximum Gasteiger partial charge on any atom is 0.355 e. The first-order chi connectivity index (χ1) is 11.1. The van der Waals surface area contributed by atoms with Gasteiger partial charge < -0.3 is 14.9 Å². The van der Waals surface area contributed by atoms with Gasteiger partial charge in [-0.3, -0.25) is 4.79 Å². The fourth-order valence-corrected chi connectivity index (χ4v) is 3.39. The summed E-state index contributed by atoms with van der Waals surface area (Å²) < 4.78 is 0. The van der Waals surface area contributed by atoms with Crippen LogP contribution in [0, 0.1) is 0 Å². The Morgan fingerprint density at radius 3 is 2.43 bits per heavy atom. The quantitative estimate of drug-likeness (QED) is 0.924. The van der Waals surface area contributed by atoms with Crippen molar-refractivity contribution in [2.45, 2.75) is 6.42 Å². The number of carbonyl (C=O) groups excluding carboxylic acids is 1. The molecule has 0 aliphatic carbocycles. The number of anilines is 1. The molecule has 23 heavy (non-hydrogen) atoms. The SMILES string of the molecule is O=C(O)c1csc(N2CCN(C(=O)Cc3ccccc3)CC2)n1. The number of hydrogen-bond donors (Lipinski definition) is 1. The highest BCUT2D eigenvalue weighted by Gasteiger charge is 2.23. The van der Waals surface area contributed by atoms with Crippen LogP contribution in [0.15, 0.2) is 35.7 Å². The molecule has 120 valence electrons. The molecule has 0 bridgehead atoms. The van der Waals surface area contributed by atoms with Gasteiger partial charge in [-0.15, -0.1) is 11.3 Å². The number of hydrogen-bond acceptors (Lipinski definition) is 5. The predicted molar refractivity (Wildman–Crippen MR) is 88.0 cm³/mol. The summed E-state index contributed by atoms with van der Waals surface area (Å²) in [6, 6.07) is 9.71. The summed E-state index contributed by atoms with van der Waals surface area (Å²) in [5.74, 6) is -0.884. The zero-order valence-electron chi connectivity index (χ0n) is 12.5. The summed E-state index contributed by atoms with van der Waals surface area (Å²) in [6.07, 6.45) is 0.418. The highest BCUT2D eigenvalue weighted by Crippen LogP contribution is 2.22. The van der Waals surface area contributed by atoms with Crippen LogP contribution < -0.4 is 4.90 Å². The first-order valence-electron chi connectivity index (χ1n) is 7.39. The smallest absolute Gasteiger partial charge is 0.355 e. The normalized spacial score (nSPS) is 14.8. The maximum absolute atomic E-state index is 12.3. The number of aromatic carboxylic acids is 1. The Bertz CT molecular complexity index is 694. The van der Waals surface area contributed by atoms with Gasteiger partial charge in [-0.05, 0) is 5.56 Å². The average Bonchev–Trinajstić information content (AvgIpc) is 3.06. The van der Waals surface area contributed by atoms with Gasteiger partial charge in [0.1, 0.15) is 0 Å². The number of aromatic nitrogens is 1. The molecular formula is C16H17N3O3S. The fourth-order valence-electron chi connectivity index (χ4n) is 2.54. The van der Waals surface area contributed by atoms with E-state index in [0.717, 1.165) is 5.56 Å². The van der Waals surface area contributed by atoms with Crippen molar-refractivity contribution in [3.05, 3.63) is 47.0 Å². The summed E-state index contributed by atoms with van der Waals surface area (Å²) in [5, 5.41) is 11.2. The summed E-state index contributed by atoms with van der Waals surface area (Å²) in [4.78, 5) is 31.2. The molecule has 7 heteroatoms. The number of carboxylic acid groups (broad SMARTS) is 1. The van der Waals surface area contributed by atoms with Crippen LogP contribution in [0.5, 0.6) is 0 Å². The molecule has 1 fully saturated rings. The molecule has 0 radical (unpaired) electrons. The second-order valence-electron chi connectivity index (χ2n) is 5.35. The van der Waals surface area contributed by atoms with Crippen molar-refractivity contribution in [2.75, 3.05) is 31.1 Å². The monoisotopic (exact) mass is 331 g/mol. The Morgan fingerprint density at radius 1 is 1.13 bits per heavy atom. The van der Waals surface area contributed by atoms with Gasteiger partial charge in [-0.25, -0.2) is 9.78 Å². The van der Waals surface area contributed by atoms with Crippen molar-refractivity contribution in [3.8, 4) is 0 Å². The van der Waals surface area contributed by atoms with Crippen LogP contribution in [0.4, 0.5) is 5.13 Å². The molecule has 1 N–H and O–H groups in total. The molecule has 6 nitrogen and oxygen atoms in total. The Balaban J connectivity index is 1.55. The van der Waals surface area contributed by atoms with Gasteiger partial charge in [0.2, 0.25) is 5.91 Å². The molecular weight excluding hydrogens is 314 g/mol. The van der Waals surface area contributed by atoms with Crippen LogP contribution in [-0.2, 0) is 11.2 Å². The van der Waals surface area contributed by atoms with Gasteiger partial charge in [0, 0.05) is 31.6 Å². The molecule has 1 aliphatic rings. The van der Waals surface area contributed by atoms with Crippen LogP contribution in [-0.4, -0.2) is 53.0 Å². The largest absolute Gasteiger partial charge is 0.476 e. The second kappa shape index (κ2) is 6.78. The van der Waals surface area contributed by atoms with E-state index in [9.17, 15) is 9.59 Å². The number of rotatable bonds is 4. The Morgan fingerprint density at radius 2 is 1.83 bits per heavy atom. The number of nitrogens with zero attached hydrogens (tertiary/aromatic N) is 3. The molecule has 0 unspecified atom stereocenters. The molecule has 1 saturated heterocycles. The van der Waals surface area contributed by atoms with Gasteiger partial charge in [0.15, 0.2) is 10.8 Å². The van der Waals surface area contributed by atoms with E-state index in [0.29, 0.717) is 37.7 Å². The van der Waals surface area contributed by atoms with Crippen LogP contribution >= 0.6 is 11.3 Å². The van der Waals surface area contributed by atoms with E-state index in [4.69, 9.17) is 5.11 Å². The molecule has 1 aromatic heterocycles. The molecule has 2 aromatic rings. The van der Waals surface area contributed by atoms with Crippen molar-refractivity contribution in [1.29, 1.82) is 0 Å². The molecule has 1 aliphatic heterocycles. The Labute approximate surface area is 138 Å². The molecule has 2 heterocycles. The van der Waals surface area contributed by atoms with Crippen LogP contribution in [0.3, 0.4) is 0 Å². The third kappa shape index (κ3) is 3.68. The molecule has 1 aromatic carbocycles. The summed E-state index contributed by atoms with van der Waals surface area (Å²) in [6.45, 7) is 2.61.